The SMILES string of the molecule is O=C(O)CNC(=O)c1cccc(OCC/C=C/CCS)c1. The smallest absolute Gasteiger partial charge is 0.322 e. The topological polar surface area (TPSA) is 75.6 Å². The minimum Gasteiger partial charge on any atom is -0.493 e. The Morgan fingerprint density at radius 2 is 2.05 bits per heavy atom. The van der Waals surface area contributed by atoms with Gasteiger partial charge in [0.2, 0.25) is 0 Å². The molecule has 0 radical (unpaired) electrons. The molecule has 0 fully saturated rings. The zero-order valence-electron chi connectivity index (χ0n) is 11.6. The lowest BCUT2D eigenvalue weighted by molar-refractivity contribution is -0.135. The van der Waals surface area contributed by atoms with Gasteiger partial charge in [0, 0.05) is 5.56 Å². The molecule has 0 heterocycles. The van der Waals surface area contributed by atoms with E-state index in [1.807, 2.05) is 12.2 Å². The Hall–Kier alpha value is -1.95. The molecule has 0 aliphatic heterocycles. The molecule has 0 spiro atoms. The molecular weight excluding hydrogens is 290 g/mol. The second kappa shape index (κ2) is 9.88. The van der Waals surface area contributed by atoms with Crippen LogP contribution in [0, 0.1) is 0 Å². The van der Waals surface area contributed by atoms with Crippen molar-refractivity contribution in [2.45, 2.75) is 12.8 Å². The van der Waals surface area contributed by atoms with Gasteiger partial charge >= 0.3 is 5.97 Å². The number of nitrogens with one attached hydrogen (secondary N) is 1. The first-order chi connectivity index (χ1) is 10.1. The van der Waals surface area contributed by atoms with Crippen LogP contribution < -0.4 is 10.1 Å². The third-order valence-corrected chi connectivity index (χ3v) is 2.77. The lowest BCUT2D eigenvalue weighted by Crippen LogP contribution is -2.29. The van der Waals surface area contributed by atoms with Crippen LogP contribution >= 0.6 is 12.6 Å². The molecule has 1 rings (SSSR count). The quantitative estimate of drug-likeness (QED) is 0.371. The number of allylic oxidation sites excluding steroid dienone is 1. The molecule has 0 aliphatic rings. The molecule has 114 valence electrons. The first-order valence-electron chi connectivity index (χ1n) is 6.62. The Morgan fingerprint density at radius 3 is 2.76 bits per heavy atom. The van der Waals surface area contributed by atoms with Gasteiger partial charge in [-0.3, -0.25) is 9.59 Å². The number of thiol groups is 1. The highest BCUT2D eigenvalue weighted by Gasteiger charge is 2.07. The third kappa shape index (κ3) is 7.41. The number of ether oxygens (including phenoxy) is 1. The summed E-state index contributed by atoms with van der Waals surface area (Å²) in [7, 11) is 0. The summed E-state index contributed by atoms with van der Waals surface area (Å²) in [6.07, 6.45) is 5.79. The number of aliphatic carboxylic acids is 1. The van der Waals surface area contributed by atoms with Crippen LogP contribution in [0.1, 0.15) is 23.2 Å². The summed E-state index contributed by atoms with van der Waals surface area (Å²) in [5.41, 5.74) is 0.374. The monoisotopic (exact) mass is 309 g/mol. The van der Waals surface area contributed by atoms with E-state index in [9.17, 15) is 9.59 Å². The predicted molar refractivity (Wildman–Crippen MR) is 84.1 cm³/mol. The molecule has 2 N–H and O–H groups in total. The summed E-state index contributed by atoms with van der Waals surface area (Å²) in [6, 6.07) is 6.65. The molecule has 1 amide bonds. The maximum Gasteiger partial charge on any atom is 0.322 e. The Kier molecular flexibility index (Phi) is 8.04. The van der Waals surface area contributed by atoms with E-state index in [0.29, 0.717) is 17.9 Å². The van der Waals surface area contributed by atoms with E-state index in [-0.39, 0.29) is 0 Å². The number of carboxylic acid groups (broad SMARTS) is 1. The maximum atomic E-state index is 11.7. The second-order valence-corrected chi connectivity index (χ2v) is 4.67. The van der Waals surface area contributed by atoms with Crippen LogP contribution in [-0.4, -0.2) is 35.9 Å². The molecule has 0 aromatic heterocycles. The number of rotatable bonds is 9. The van der Waals surface area contributed by atoms with Crippen molar-refractivity contribution in [3.05, 3.63) is 42.0 Å². The van der Waals surface area contributed by atoms with E-state index in [1.165, 1.54) is 0 Å². The first kappa shape index (κ1) is 17.1. The molecule has 5 nitrogen and oxygen atoms in total. The standard InChI is InChI=1S/C15H19NO4S/c17-14(18)11-16-15(19)12-6-5-7-13(10-12)20-8-3-1-2-4-9-21/h1-2,5-7,10,21H,3-4,8-9,11H2,(H,16,19)(H,17,18)/b2-1+. The highest BCUT2D eigenvalue weighted by atomic mass is 32.1. The van der Waals surface area contributed by atoms with Gasteiger partial charge in [-0.15, -0.1) is 0 Å². The van der Waals surface area contributed by atoms with Crippen molar-refractivity contribution in [1.82, 2.24) is 5.32 Å². The number of benzene rings is 1. The van der Waals surface area contributed by atoms with Gasteiger partial charge in [-0.2, -0.15) is 12.6 Å². The number of carboxylic acids is 1. The fraction of sp³-hybridized carbons (Fsp3) is 0.333. The number of carbonyl (C=O) groups is 2. The zero-order chi connectivity index (χ0) is 15.5. The molecule has 1 aromatic rings. The van der Waals surface area contributed by atoms with E-state index in [1.54, 1.807) is 24.3 Å². The summed E-state index contributed by atoms with van der Waals surface area (Å²) in [5, 5.41) is 10.8. The average molecular weight is 309 g/mol. The Morgan fingerprint density at radius 1 is 1.29 bits per heavy atom. The summed E-state index contributed by atoms with van der Waals surface area (Å²) < 4.78 is 5.54. The lowest BCUT2D eigenvalue weighted by atomic mass is 10.2. The second-order valence-electron chi connectivity index (χ2n) is 4.23. The fourth-order valence-corrected chi connectivity index (χ4v) is 1.69. The van der Waals surface area contributed by atoms with Gasteiger partial charge in [0.05, 0.1) is 6.61 Å². The van der Waals surface area contributed by atoms with Crippen LogP contribution in [0.5, 0.6) is 5.75 Å². The van der Waals surface area contributed by atoms with Gasteiger partial charge in [-0.05, 0) is 36.8 Å². The van der Waals surface area contributed by atoms with Gasteiger partial charge in [0.15, 0.2) is 0 Å². The molecule has 0 aliphatic carbocycles. The summed E-state index contributed by atoms with van der Waals surface area (Å²) in [5.74, 6) is -0.106. The highest BCUT2D eigenvalue weighted by molar-refractivity contribution is 7.80. The van der Waals surface area contributed by atoms with Crippen molar-refractivity contribution in [3.8, 4) is 5.75 Å². The predicted octanol–water partition coefficient (Wildman–Crippen LogP) is 2.15. The van der Waals surface area contributed by atoms with Crippen molar-refractivity contribution in [3.63, 3.8) is 0 Å². The van der Waals surface area contributed by atoms with Gasteiger partial charge in [-0.1, -0.05) is 18.2 Å². The van der Waals surface area contributed by atoms with Crippen molar-refractivity contribution in [2.24, 2.45) is 0 Å². The van der Waals surface area contributed by atoms with Crippen LogP contribution in [0.25, 0.3) is 0 Å². The van der Waals surface area contributed by atoms with Crippen molar-refractivity contribution in [2.75, 3.05) is 18.9 Å². The highest BCUT2D eigenvalue weighted by Crippen LogP contribution is 2.13. The van der Waals surface area contributed by atoms with Crippen LogP contribution in [-0.2, 0) is 4.79 Å². The third-order valence-electron chi connectivity index (χ3n) is 2.51. The number of amides is 1. The molecule has 0 saturated carbocycles. The average Bonchev–Trinajstić information content (AvgIpc) is 2.48. The van der Waals surface area contributed by atoms with Gasteiger partial charge in [-0.25, -0.2) is 0 Å². The molecule has 1 aromatic carbocycles. The molecular formula is C15H19NO4S. The molecule has 0 saturated heterocycles. The van der Waals surface area contributed by atoms with E-state index in [4.69, 9.17) is 9.84 Å². The van der Waals surface area contributed by atoms with Gasteiger partial charge < -0.3 is 15.2 Å². The van der Waals surface area contributed by atoms with E-state index < -0.39 is 18.4 Å². The van der Waals surface area contributed by atoms with Crippen molar-refractivity contribution >= 4 is 24.5 Å². The summed E-state index contributed by atoms with van der Waals surface area (Å²) in [4.78, 5) is 22.1. The van der Waals surface area contributed by atoms with Gasteiger partial charge in [0.25, 0.3) is 5.91 Å². The number of hydrogen-bond donors (Lipinski definition) is 3. The van der Waals surface area contributed by atoms with E-state index >= 15 is 0 Å². The normalized spacial score (nSPS) is 10.5. The maximum absolute atomic E-state index is 11.7. The molecule has 0 unspecified atom stereocenters. The van der Waals surface area contributed by atoms with Crippen LogP contribution in [0.15, 0.2) is 36.4 Å². The minimum atomic E-state index is -1.08. The zero-order valence-corrected chi connectivity index (χ0v) is 12.5. The molecule has 6 heteroatoms. The van der Waals surface area contributed by atoms with Crippen LogP contribution in [0.2, 0.25) is 0 Å². The summed E-state index contributed by atoms with van der Waals surface area (Å²) in [6.45, 7) is 0.114. The Bertz CT molecular complexity index is 502. The van der Waals surface area contributed by atoms with Crippen LogP contribution in [0.4, 0.5) is 0 Å². The molecule has 0 bridgehead atoms. The Labute approximate surface area is 129 Å². The minimum absolute atomic E-state index is 0.374. The lowest BCUT2D eigenvalue weighted by Gasteiger charge is -2.07. The largest absolute Gasteiger partial charge is 0.493 e. The van der Waals surface area contributed by atoms with Crippen molar-refractivity contribution < 1.29 is 19.4 Å². The van der Waals surface area contributed by atoms with Gasteiger partial charge in [0.1, 0.15) is 12.3 Å². The van der Waals surface area contributed by atoms with E-state index in [0.717, 1.165) is 18.6 Å². The number of hydrogen-bond acceptors (Lipinski definition) is 4. The molecule has 0 atom stereocenters. The van der Waals surface area contributed by atoms with Crippen molar-refractivity contribution in [1.29, 1.82) is 0 Å². The first-order valence-corrected chi connectivity index (χ1v) is 7.25. The van der Waals surface area contributed by atoms with E-state index in [2.05, 4.69) is 17.9 Å². The molecule has 21 heavy (non-hydrogen) atoms. The fourth-order valence-electron chi connectivity index (χ4n) is 1.54. The summed E-state index contributed by atoms with van der Waals surface area (Å²) >= 11 is 4.11. The Balaban J connectivity index is 2.44. The van der Waals surface area contributed by atoms with Crippen LogP contribution in [0.3, 0.4) is 0 Å². The number of carbonyl (C=O) groups excluding carboxylic acids is 1.